The fourth-order valence-electron chi connectivity index (χ4n) is 5.46. The van der Waals surface area contributed by atoms with Crippen molar-refractivity contribution in [2.24, 2.45) is 0 Å². The summed E-state index contributed by atoms with van der Waals surface area (Å²) in [5.74, 6) is -0.428. The van der Waals surface area contributed by atoms with Crippen molar-refractivity contribution in [1.29, 1.82) is 0 Å². The predicted octanol–water partition coefficient (Wildman–Crippen LogP) is 1.55. The standard InChI is InChI=1S/C29H35FN6O5S.3CH2O2/c1-39-29-28(16-23(17-32-29)36-10-12-40-13-11-36)42(37,38)33-22-4-5-31-27(15-22)25-3-2-21(14-26(25)30)18-34-6-8-35(9-7-34)24-19-41-20-24;3*2-1-3/h2-5,14-17,24H,6-13,18-20H2,1H3,(H,31,33);3*1H,(H,2,3). The molecule has 3 aliphatic rings. The van der Waals surface area contributed by atoms with Gasteiger partial charge < -0.3 is 34.4 Å². The van der Waals surface area contributed by atoms with Gasteiger partial charge in [-0.1, -0.05) is 6.07 Å². The molecule has 0 saturated carbocycles. The average molecular weight is 737 g/mol. The maximum absolute atomic E-state index is 15.3. The lowest BCUT2D eigenvalue weighted by atomic mass is 10.1. The highest BCUT2D eigenvalue weighted by molar-refractivity contribution is 7.92. The van der Waals surface area contributed by atoms with Gasteiger partial charge in [-0.2, -0.15) is 0 Å². The summed E-state index contributed by atoms with van der Waals surface area (Å²) in [5.41, 5.74) is 2.41. The van der Waals surface area contributed by atoms with Crippen molar-refractivity contribution in [1.82, 2.24) is 19.8 Å². The van der Waals surface area contributed by atoms with Crippen molar-refractivity contribution in [2.75, 3.05) is 82.4 Å². The van der Waals surface area contributed by atoms with E-state index in [0.29, 0.717) is 55.8 Å². The molecule has 0 spiro atoms. The Labute approximate surface area is 294 Å². The van der Waals surface area contributed by atoms with E-state index in [0.717, 1.165) is 45.0 Å². The zero-order chi connectivity index (χ0) is 37.2. The number of sulfonamides is 1. The molecule has 3 fully saturated rings. The Morgan fingerprint density at radius 3 is 2.14 bits per heavy atom. The molecule has 0 bridgehead atoms. The van der Waals surface area contributed by atoms with Crippen molar-refractivity contribution < 1.29 is 56.7 Å². The molecule has 6 rings (SSSR count). The molecule has 0 aliphatic carbocycles. The Morgan fingerprint density at radius 1 is 0.922 bits per heavy atom. The molecule has 4 N–H and O–H groups in total. The molecule has 278 valence electrons. The Balaban J connectivity index is 0.000000709. The first kappa shape index (κ1) is 40.5. The highest BCUT2D eigenvalue weighted by atomic mass is 32.2. The number of ether oxygens (including phenoxy) is 3. The van der Waals surface area contributed by atoms with Gasteiger partial charge in [-0.05, 0) is 35.9 Å². The number of methoxy groups -OCH3 is 1. The zero-order valence-electron chi connectivity index (χ0n) is 27.8. The third-order valence-electron chi connectivity index (χ3n) is 7.93. The van der Waals surface area contributed by atoms with E-state index in [-0.39, 0.29) is 35.9 Å². The number of anilines is 2. The van der Waals surface area contributed by atoms with Gasteiger partial charge in [0.15, 0.2) is 4.90 Å². The number of benzene rings is 1. The second-order valence-electron chi connectivity index (χ2n) is 11.0. The van der Waals surface area contributed by atoms with Crippen molar-refractivity contribution in [3.8, 4) is 17.1 Å². The summed E-state index contributed by atoms with van der Waals surface area (Å²) in [6.45, 7) is 7.75. The molecule has 0 unspecified atom stereocenters. The number of carboxylic acid groups (broad SMARTS) is 3. The highest BCUT2D eigenvalue weighted by Gasteiger charge is 2.29. The van der Waals surface area contributed by atoms with Crippen molar-refractivity contribution >= 4 is 40.8 Å². The Bertz CT molecular complexity index is 1650. The monoisotopic (exact) mass is 736 g/mol. The number of nitrogens with zero attached hydrogens (tertiary/aromatic N) is 5. The molecule has 0 atom stereocenters. The van der Waals surface area contributed by atoms with Crippen LogP contribution in [0.15, 0.2) is 53.7 Å². The van der Waals surface area contributed by atoms with Crippen LogP contribution in [0.25, 0.3) is 11.3 Å². The fraction of sp³-hybridized carbons (Fsp3) is 0.406. The van der Waals surface area contributed by atoms with Gasteiger partial charge in [0.1, 0.15) is 5.82 Å². The van der Waals surface area contributed by atoms with Gasteiger partial charge in [0.25, 0.3) is 29.4 Å². The Kier molecular flexibility index (Phi) is 16.4. The molecular formula is C32H41FN6O11S. The predicted molar refractivity (Wildman–Crippen MR) is 182 cm³/mol. The van der Waals surface area contributed by atoms with Crippen LogP contribution in [-0.2, 0) is 40.4 Å². The van der Waals surface area contributed by atoms with Crippen molar-refractivity contribution in [2.45, 2.75) is 17.5 Å². The van der Waals surface area contributed by atoms with Crippen LogP contribution in [0.2, 0.25) is 0 Å². The lowest BCUT2D eigenvalue weighted by Gasteiger charge is -2.42. The highest BCUT2D eigenvalue weighted by Crippen LogP contribution is 2.30. The summed E-state index contributed by atoms with van der Waals surface area (Å²) in [6, 6.07) is 10.3. The largest absolute Gasteiger partial charge is 0.483 e. The third kappa shape index (κ3) is 11.8. The minimum absolute atomic E-state index is 0.0195. The maximum atomic E-state index is 15.3. The van der Waals surface area contributed by atoms with Gasteiger partial charge in [0, 0.05) is 57.6 Å². The zero-order valence-corrected chi connectivity index (χ0v) is 28.7. The summed E-state index contributed by atoms with van der Waals surface area (Å²) in [5, 5.41) is 20.7. The van der Waals surface area contributed by atoms with E-state index in [1.54, 1.807) is 18.3 Å². The minimum atomic E-state index is -4.09. The lowest BCUT2D eigenvalue weighted by molar-refractivity contribution is -0.123. The number of hydrogen-bond donors (Lipinski definition) is 4. The van der Waals surface area contributed by atoms with E-state index in [4.69, 9.17) is 43.9 Å². The first-order valence-electron chi connectivity index (χ1n) is 15.6. The summed E-state index contributed by atoms with van der Waals surface area (Å²) in [7, 11) is -2.72. The lowest BCUT2D eigenvalue weighted by Crippen LogP contribution is -2.56. The van der Waals surface area contributed by atoms with Crippen LogP contribution >= 0.6 is 0 Å². The van der Waals surface area contributed by atoms with Crippen LogP contribution in [0.5, 0.6) is 5.88 Å². The van der Waals surface area contributed by atoms with Crippen LogP contribution in [0.1, 0.15) is 5.56 Å². The van der Waals surface area contributed by atoms with Crippen LogP contribution in [0.4, 0.5) is 15.8 Å². The van der Waals surface area contributed by atoms with Gasteiger partial charge in [0.05, 0.1) is 62.8 Å². The van der Waals surface area contributed by atoms with Crippen LogP contribution in [0.3, 0.4) is 0 Å². The van der Waals surface area contributed by atoms with E-state index in [1.807, 2.05) is 11.0 Å². The number of rotatable bonds is 9. The first-order chi connectivity index (χ1) is 24.6. The summed E-state index contributed by atoms with van der Waals surface area (Å²) in [6.07, 6.45) is 3.04. The van der Waals surface area contributed by atoms with Gasteiger partial charge in [-0.25, -0.2) is 17.8 Å². The Hall–Kier alpha value is -4.95. The van der Waals surface area contributed by atoms with E-state index >= 15 is 4.39 Å². The molecule has 1 aromatic carbocycles. The number of piperazine rings is 1. The average Bonchev–Trinajstić information content (AvgIpc) is 3.09. The maximum Gasteiger partial charge on any atom is 0.290 e. The topological polar surface area (TPSA) is 221 Å². The molecule has 3 saturated heterocycles. The number of hydrogen-bond acceptors (Lipinski definition) is 13. The number of halogens is 1. The van der Waals surface area contributed by atoms with Gasteiger partial charge in [-0.15, -0.1) is 0 Å². The second-order valence-corrected chi connectivity index (χ2v) is 12.6. The second kappa shape index (κ2) is 20.7. The normalized spacial score (nSPS) is 16.3. The molecule has 5 heterocycles. The molecule has 19 heteroatoms. The summed E-state index contributed by atoms with van der Waals surface area (Å²) >= 11 is 0. The number of carbonyl (C=O) groups is 3. The van der Waals surface area contributed by atoms with Gasteiger partial charge >= 0.3 is 0 Å². The number of aromatic nitrogens is 2. The molecule has 2 aromatic heterocycles. The number of nitrogens with one attached hydrogen (secondary N) is 1. The minimum Gasteiger partial charge on any atom is -0.483 e. The van der Waals surface area contributed by atoms with Gasteiger partial charge in [-0.3, -0.25) is 33.9 Å². The fourth-order valence-corrected chi connectivity index (χ4v) is 6.65. The van der Waals surface area contributed by atoms with Crippen molar-refractivity contribution in [3.05, 3.63) is 60.2 Å². The number of morpholine rings is 1. The van der Waals surface area contributed by atoms with E-state index in [1.165, 1.54) is 31.5 Å². The number of pyridine rings is 2. The van der Waals surface area contributed by atoms with Gasteiger partial charge in [0.2, 0.25) is 5.88 Å². The van der Waals surface area contributed by atoms with E-state index in [2.05, 4.69) is 24.5 Å². The molecule has 0 amide bonds. The molecule has 51 heavy (non-hydrogen) atoms. The third-order valence-corrected chi connectivity index (χ3v) is 9.31. The van der Waals surface area contributed by atoms with E-state index in [9.17, 15) is 8.42 Å². The van der Waals surface area contributed by atoms with Crippen LogP contribution in [-0.4, -0.2) is 142 Å². The molecular weight excluding hydrogens is 695 g/mol. The van der Waals surface area contributed by atoms with Crippen LogP contribution < -0.4 is 14.4 Å². The smallest absolute Gasteiger partial charge is 0.290 e. The molecule has 0 radical (unpaired) electrons. The summed E-state index contributed by atoms with van der Waals surface area (Å²) < 4.78 is 60.8. The molecule has 3 aromatic rings. The quantitative estimate of drug-likeness (QED) is 0.229. The molecule has 3 aliphatic heterocycles. The first-order valence-corrected chi connectivity index (χ1v) is 17.0. The van der Waals surface area contributed by atoms with E-state index < -0.39 is 15.8 Å². The van der Waals surface area contributed by atoms with Crippen molar-refractivity contribution in [3.63, 3.8) is 0 Å². The summed E-state index contributed by atoms with van der Waals surface area (Å²) in [4.78, 5) is 40.3. The molecule has 17 nitrogen and oxygen atoms in total. The SMILES string of the molecule is COc1ncc(N2CCOCC2)cc1S(=O)(=O)Nc1ccnc(-c2ccc(CN3CCN(C4COC4)CC3)cc2F)c1.O=CO.O=CO.O=CO. The Morgan fingerprint density at radius 2 is 1.57 bits per heavy atom. The van der Waals surface area contributed by atoms with Crippen LogP contribution in [0, 0.1) is 5.82 Å².